The highest BCUT2D eigenvalue weighted by Gasteiger charge is 2.11. The van der Waals surface area contributed by atoms with E-state index < -0.39 is 0 Å². The van der Waals surface area contributed by atoms with Crippen molar-refractivity contribution in [2.24, 2.45) is 5.10 Å². The third-order valence-electron chi connectivity index (χ3n) is 4.72. The van der Waals surface area contributed by atoms with Crippen molar-refractivity contribution in [2.45, 2.75) is 13.8 Å². The second kappa shape index (κ2) is 10.3. The summed E-state index contributed by atoms with van der Waals surface area (Å²) < 4.78 is 13.9. The van der Waals surface area contributed by atoms with Crippen LogP contribution in [0.2, 0.25) is 0 Å². The molecular weight excluding hydrogens is 505 g/mol. The van der Waals surface area contributed by atoms with Crippen LogP contribution in [-0.2, 0) is 0 Å². The molecule has 31 heavy (non-hydrogen) atoms. The summed E-state index contributed by atoms with van der Waals surface area (Å²) in [5.74, 6) is 1.15. The summed E-state index contributed by atoms with van der Waals surface area (Å²) in [6.45, 7) is 8.18. The quantitative estimate of drug-likeness (QED) is 0.193. The lowest BCUT2D eigenvalue weighted by Crippen LogP contribution is -2.17. The van der Waals surface area contributed by atoms with E-state index in [0.717, 1.165) is 32.0 Å². The first kappa shape index (κ1) is 22.6. The topological polar surface area (TPSA) is 64.8 Å². The van der Waals surface area contributed by atoms with Crippen molar-refractivity contribution in [3.8, 4) is 17.2 Å². The molecule has 160 valence electrons. The zero-order valence-corrected chi connectivity index (χ0v) is 19.8. The van der Waals surface area contributed by atoms with Gasteiger partial charge in [0.2, 0.25) is 0 Å². The highest BCUT2D eigenvalue weighted by molar-refractivity contribution is 14.1. The van der Waals surface area contributed by atoms with E-state index in [1.165, 1.54) is 0 Å². The number of hydrogen-bond donors (Lipinski definition) is 1. The number of ether oxygens (including phenoxy) is 2. The molecule has 1 N–H and O–H groups in total. The monoisotopic (exact) mass is 529 g/mol. The summed E-state index contributed by atoms with van der Waals surface area (Å²) in [4.78, 5) is 12.4. The normalized spacial score (nSPS) is 10.8. The molecule has 1 amide bonds. The number of benzene rings is 2. The van der Waals surface area contributed by atoms with Crippen LogP contribution in [0, 0.1) is 17.4 Å². The first-order valence-corrected chi connectivity index (χ1v) is 10.7. The lowest BCUT2D eigenvalue weighted by Gasteiger charge is -2.11. The van der Waals surface area contributed by atoms with Crippen molar-refractivity contribution in [3.63, 3.8) is 0 Å². The van der Waals surface area contributed by atoms with Gasteiger partial charge in [-0.05, 0) is 85.0 Å². The van der Waals surface area contributed by atoms with Crippen LogP contribution in [0.5, 0.6) is 11.5 Å². The lowest BCUT2D eigenvalue weighted by atomic mass is 10.2. The lowest BCUT2D eigenvalue weighted by molar-refractivity contribution is 0.0954. The third kappa shape index (κ3) is 5.35. The number of halogens is 1. The molecule has 3 rings (SSSR count). The zero-order valence-electron chi connectivity index (χ0n) is 17.7. The first-order valence-electron chi connectivity index (χ1n) is 9.64. The zero-order chi connectivity index (χ0) is 22.4. The number of carbonyl (C=O) groups is 1. The van der Waals surface area contributed by atoms with Crippen molar-refractivity contribution in [1.82, 2.24) is 9.99 Å². The minimum absolute atomic E-state index is 0.296. The number of hydrogen-bond acceptors (Lipinski definition) is 4. The Hall–Kier alpha value is -3.07. The fraction of sp³-hybridized carbons (Fsp3) is 0.167. The minimum Gasteiger partial charge on any atom is -0.496 e. The summed E-state index contributed by atoms with van der Waals surface area (Å²) in [6, 6.07) is 15.2. The van der Waals surface area contributed by atoms with Gasteiger partial charge in [0.25, 0.3) is 5.91 Å². The second-order valence-corrected chi connectivity index (χ2v) is 7.97. The van der Waals surface area contributed by atoms with Crippen molar-refractivity contribution < 1.29 is 14.3 Å². The summed E-state index contributed by atoms with van der Waals surface area (Å²) in [7, 11) is 1.58. The van der Waals surface area contributed by atoms with Crippen LogP contribution in [0.3, 0.4) is 0 Å². The van der Waals surface area contributed by atoms with Gasteiger partial charge in [0.1, 0.15) is 18.1 Å². The third-order valence-corrected chi connectivity index (χ3v) is 5.61. The van der Waals surface area contributed by atoms with Crippen LogP contribution in [0.1, 0.15) is 27.3 Å². The van der Waals surface area contributed by atoms with E-state index in [0.29, 0.717) is 17.9 Å². The molecule has 6 nitrogen and oxygen atoms in total. The molecule has 3 aromatic rings. The Kier molecular flexibility index (Phi) is 7.51. The van der Waals surface area contributed by atoms with Gasteiger partial charge in [-0.2, -0.15) is 5.10 Å². The molecule has 0 radical (unpaired) electrons. The number of carbonyl (C=O) groups excluding carboxylic acids is 1. The predicted octanol–water partition coefficient (Wildman–Crippen LogP) is 5.04. The summed E-state index contributed by atoms with van der Waals surface area (Å²) >= 11 is 2.16. The molecule has 7 heteroatoms. The average molecular weight is 529 g/mol. The highest BCUT2D eigenvalue weighted by Crippen LogP contribution is 2.23. The fourth-order valence-electron chi connectivity index (χ4n) is 3.19. The summed E-state index contributed by atoms with van der Waals surface area (Å²) in [5.41, 5.74) is 7.09. The molecule has 0 spiro atoms. The summed E-state index contributed by atoms with van der Waals surface area (Å²) in [6.07, 6.45) is 3.37. The van der Waals surface area contributed by atoms with Gasteiger partial charge in [-0.25, -0.2) is 5.43 Å². The Morgan fingerprint density at radius 1 is 1.19 bits per heavy atom. The SMILES string of the molecule is C=CCOc1ccc(-n2c(C)cc(/C=N\NC(=O)c3ccc(I)c(OC)c3)c2C)cc1. The number of nitrogens with one attached hydrogen (secondary N) is 1. The molecule has 0 unspecified atom stereocenters. The molecule has 0 aliphatic carbocycles. The molecule has 1 heterocycles. The Balaban J connectivity index is 1.74. The number of aryl methyl sites for hydroxylation is 1. The van der Waals surface area contributed by atoms with Gasteiger partial charge < -0.3 is 14.0 Å². The molecule has 2 aromatic carbocycles. The predicted molar refractivity (Wildman–Crippen MR) is 132 cm³/mol. The molecule has 0 aliphatic heterocycles. The maximum atomic E-state index is 12.4. The van der Waals surface area contributed by atoms with Crippen LogP contribution in [-0.4, -0.2) is 30.4 Å². The number of nitrogens with zero attached hydrogens (tertiary/aromatic N) is 2. The number of methoxy groups -OCH3 is 1. The van der Waals surface area contributed by atoms with E-state index in [-0.39, 0.29) is 5.91 Å². The van der Waals surface area contributed by atoms with Gasteiger partial charge in [-0.3, -0.25) is 4.79 Å². The Morgan fingerprint density at radius 3 is 2.61 bits per heavy atom. The van der Waals surface area contributed by atoms with Gasteiger partial charge in [0.05, 0.1) is 16.9 Å². The Bertz CT molecular complexity index is 1120. The Labute approximate surface area is 195 Å². The first-order chi connectivity index (χ1) is 14.9. The fourth-order valence-corrected chi connectivity index (χ4v) is 3.74. The van der Waals surface area contributed by atoms with Gasteiger partial charge in [-0.1, -0.05) is 12.7 Å². The number of hydrazone groups is 1. The molecule has 0 aliphatic rings. The molecule has 0 saturated carbocycles. The van der Waals surface area contributed by atoms with E-state index >= 15 is 0 Å². The maximum Gasteiger partial charge on any atom is 0.271 e. The molecule has 1 aromatic heterocycles. The largest absolute Gasteiger partial charge is 0.496 e. The molecular formula is C24H24IN3O3. The van der Waals surface area contributed by atoms with Crippen LogP contribution >= 0.6 is 22.6 Å². The molecule has 0 bridgehead atoms. The maximum absolute atomic E-state index is 12.4. The summed E-state index contributed by atoms with van der Waals surface area (Å²) in [5, 5.41) is 4.14. The van der Waals surface area contributed by atoms with Crippen LogP contribution in [0.25, 0.3) is 5.69 Å². The van der Waals surface area contributed by atoms with Crippen molar-refractivity contribution in [1.29, 1.82) is 0 Å². The molecule has 0 atom stereocenters. The smallest absolute Gasteiger partial charge is 0.271 e. The number of amides is 1. The standard InChI is InChI=1S/C24H24IN3O3/c1-5-12-31-21-9-7-20(8-10-21)28-16(2)13-19(17(28)3)15-26-27-24(29)18-6-11-22(25)23(14-18)30-4/h5-11,13-15H,1,12H2,2-4H3,(H,27,29)/b26-15-. The number of rotatable bonds is 8. The van der Waals surface area contributed by atoms with Gasteiger partial charge in [0.15, 0.2) is 0 Å². The molecule has 0 saturated heterocycles. The van der Waals surface area contributed by atoms with Gasteiger partial charge in [0, 0.05) is 28.2 Å². The minimum atomic E-state index is -0.296. The van der Waals surface area contributed by atoms with Crippen molar-refractivity contribution in [3.05, 3.63) is 87.3 Å². The number of aromatic nitrogens is 1. The van der Waals surface area contributed by atoms with Gasteiger partial charge in [-0.15, -0.1) is 0 Å². The van der Waals surface area contributed by atoms with Crippen molar-refractivity contribution >= 4 is 34.7 Å². The highest BCUT2D eigenvalue weighted by atomic mass is 127. The van der Waals surface area contributed by atoms with E-state index in [9.17, 15) is 4.79 Å². The average Bonchev–Trinajstić information content (AvgIpc) is 3.06. The second-order valence-electron chi connectivity index (χ2n) is 6.80. The van der Waals surface area contributed by atoms with E-state index in [4.69, 9.17) is 9.47 Å². The van der Waals surface area contributed by atoms with Crippen LogP contribution in [0.15, 0.2) is 66.3 Å². The van der Waals surface area contributed by atoms with Crippen LogP contribution in [0.4, 0.5) is 0 Å². The van der Waals surface area contributed by atoms with E-state index in [2.05, 4.69) is 44.3 Å². The van der Waals surface area contributed by atoms with E-state index in [1.807, 2.05) is 50.2 Å². The molecule has 0 fully saturated rings. The van der Waals surface area contributed by atoms with Gasteiger partial charge >= 0.3 is 0 Å². The van der Waals surface area contributed by atoms with E-state index in [1.54, 1.807) is 31.5 Å². The Morgan fingerprint density at radius 2 is 1.94 bits per heavy atom. The van der Waals surface area contributed by atoms with Crippen LogP contribution < -0.4 is 14.9 Å². The van der Waals surface area contributed by atoms with Crippen molar-refractivity contribution in [2.75, 3.05) is 13.7 Å².